The number of guanidine groups is 1. The van der Waals surface area contributed by atoms with Crippen molar-refractivity contribution in [1.29, 1.82) is 0 Å². The Morgan fingerprint density at radius 3 is 2.46 bits per heavy atom. The van der Waals surface area contributed by atoms with Crippen LogP contribution in [0.25, 0.3) is 0 Å². The molecule has 0 aromatic heterocycles. The van der Waals surface area contributed by atoms with Gasteiger partial charge in [0.25, 0.3) is 0 Å². The third-order valence-corrected chi connectivity index (χ3v) is 8.84. The third-order valence-electron chi connectivity index (χ3n) is 7.00. The van der Waals surface area contributed by atoms with Crippen LogP contribution in [0.1, 0.15) is 71.6 Å². The maximum atomic E-state index is 11.7. The molecule has 0 aromatic rings. The van der Waals surface area contributed by atoms with Gasteiger partial charge >= 0.3 is 0 Å². The molecule has 3 aliphatic rings. The summed E-state index contributed by atoms with van der Waals surface area (Å²) in [5, 5.41) is 3.76. The van der Waals surface area contributed by atoms with Gasteiger partial charge in [-0.05, 0) is 49.9 Å². The van der Waals surface area contributed by atoms with Gasteiger partial charge in [-0.15, -0.1) is 0 Å². The number of aliphatic imine (C=N–C) groups is 1. The molecule has 5 nitrogen and oxygen atoms in total. The molecule has 150 valence electrons. The molecule has 1 unspecified atom stereocenters. The highest BCUT2D eigenvalue weighted by atomic mass is 32.2. The molecule has 2 saturated heterocycles. The van der Waals surface area contributed by atoms with Gasteiger partial charge in [0.2, 0.25) is 0 Å². The van der Waals surface area contributed by atoms with Crippen molar-refractivity contribution in [2.75, 3.05) is 31.1 Å². The number of sulfone groups is 1. The fourth-order valence-corrected chi connectivity index (χ4v) is 6.69. The summed E-state index contributed by atoms with van der Waals surface area (Å²) < 4.78 is 23.5. The molecule has 1 saturated carbocycles. The van der Waals surface area contributed by atoms with Crippen LogP contribution >= 0.6 is 0 Å². The molecule has 26 heavy (non-hydrogen) atoms. The minimum Gasteiger partial charge on any atom is -0.354 e. The average molecular weight is 384 g/mol. The van der Waals surface area contributed by atoms with E-state index >= 15 is 0 Å². The van der Waals surface area contributed by atoms with E-state index in [1.165, 1.54) is 51.4 Å². The first kappa shape index (κ1) is 20.0. The first-order valence-electron chi connectivity index (χ1n) is 10.7. The lowest BCUT2D eigenvalue weighted by Crippen LogP contribution is -2.46. The van der Waals surface area contributed by atoms with Crippen molar-refractivity contribution in [1.82, 2.24) is 10.2 Å². The van der Waals surface area contributed by atoms with Gasteiger partial charge in [0, 0.05) is 25.7 Å². The number of nitrogens with zero attached hydrogens (tertiary/aromatic N) is 2. The maximum Gasteiger partial charge on any atom is 0.194 e. The molecule has 0 bridgehead atoms. The summed E-state index contributed by atoms with van der Waals surface area (Å²) in [6, 6.07) is 0.535. The Kier molecular flexibility index (Phi) is 6.52. The number of nitrogens with one attached hydrogen (secondary N) is 1. The summed E-state index contributed by atoms with van der Waals surface area (Å²) in [5.74, 6) is 1.91. The molecule has 0 amide bonds. The molecule has 1 aliphatic carbocycles. The fraction of sp³-hybridized carbons (Fsp3) is 0.950. The van der Waals surface area contributed by atoms with Crippen molar-refractivity contribution in [3.63, 3.8) is 0 Å². The van der Waals surface area contributed by atoms with Crippen LogP contribution in [0.2, 0.25) is 0 Å². The van der Waals surface area contributed by atoms with E-state index in [9.17, 15) is 8.42 Å². The number of hydrogen-bond acceptors (Lipinski definition) is 3. The SMILES string of the molecule is CCC1(CC)CCN(C(=NCC2CCS(=O)(=O)C2)NC2CCCCC2)C1. The Hall–Kier alpha value is -0.780. The van der Waals surface area contributed by atoms with Gasteiger partial charge < -0.3 is 10.2 Å². The van der Waals surface area contributed by atoms with E-state index in [1.807, 2.05) is 0 Å². The lowest BCUT2D eigenvalue weighted by atomic mass is 9.82. The minimum absolute atomic E-state index is 0.202. The summed E-state index contributed by atoms with van der Waals surface area (Å²) in [6.45, 7) is 7.42. The summed E-state index contributed by atoms with van der Waals surface area (Å²) in [5.41, 5.74) is 0.422. The van der Waals surface area contributed by atoms with Crippen LogP contribution in [0.15, 0.2) is 4.99 Å². The average Bonchev–Trinajstić information content (AvgIpc) is 3.23. The Labute approximate surface area is 159 Å². The van der Waals surface area contributed by atoms with Crippen LogP contribution in [0.3, 0.4) is 0 Å². The zero-order valence-electron chi connectivity index (χ0n) is 16.7. The topological polar surface area (TPSA) is 61.8 Å². The van der Waals surface area contributed by atoms with Gasteiger partial charge in [0.15, 0.2) is 15.8 Å². The fourth-order valence-electron chi connectivity index (χ4n) is 4.84. The number of hydrogen-bond donors (Lipinski definition) is 1. The van der Waals surface area contributed by atoms with Crippen LogP contribution in [0.4, 0.5) is 0 Å². The standard InChI is InChI=1S/C20H37N3O2S/c1-3-20(4-2)11-12-23(16-20)19(22-18-8-6-5-7-9-18)21-14-17-10-13-26(24,25)15-17/h17-18H,3-16H2,1-2H3,(H,21,22). The summed E-state index contributed by atoms with van der Waals surface area (Å²) >= 11 is 0. The molecule has 0 aromatic carbocycles. The monoisotopic (exact) mass is 383 g/mol. The van der Waals surface area contributed by atoms with Crippen LogP contribution in [0.5, 0.6) is 0 Å². The maximum absolute atomic E-state index is 11.7. The van der Waals surface area contributed by atoms with Crippen molar-refractivity contribution in [3.05, 3.63) is 0 Å². The van der Waals surface area contributed by atoms with Gasteiger partial charge in [0.1, 0.15) is 0 Å². The second-order valence-corrected chi connectivity index (χ2v) is 11.0. The summed E-state index contributed by atoms with van der Waals surface area (Å²) in [6.07, 6.45) is 10.9. The molecule has 2 heterocycles. The lowest BCUT2D eigenvalue weighted by molar-refractivity contribution is 0.274. The molecular weight excluding hydrogens is 346 g/mol. The normalized spacial score (nSPS) is 29.2. The van der Waals surface area contributed by atoms with Crippen molar-refractivity contribution < 1.29 is 8.42 Å². The van der Waals surface area contributed by atoms with Gasteiger partial charge in [0.05, 0.1) is 11.5 Å². The molecule has 1 atom stereocenters. The molecular formula is C20H37N3O2S. The second-order valence-electron chi connectivity index (χ2n) is 8.79. The van der Waals surface area contributed by atoms with Crippen molar-refractivity contribution >= 4 is 15.8 Å². The van der Waals surface area contributed by atoms with Crippen molar-refractivity contribution in [2.24, 2.45) is 16.3 Å². The van der Waals surface area contributed by atoms with E-state index in [-0.39, 0.29) is 5.92 Å². The van der Waals surface area contributed by atoms with E-state index in [4.69, 9.17) is 4.99 Å². The number of likely N-dealkylation sites (tertiary alicyclic amines) is 1. The second kappa shape index (κ2) is 8.49. The quantitative estimate of drug-likeness (QED) is 0.585. The molecule has 0 spiro atoms. The van der Waals surface area contributed by atoms with Gasteiger partial charge in [-0.25, -0.2) is 8.42 Å². The van der Waals surface area contributed by atoms with Crippen molar-refractivity contribution in [2.45, 2.75) is 77.7 Å². The number of rotatable bonds is 5. The third kappa shape index (κ3) is 4.93. The van der Waals surface area contributed by atoms with Crippen LogP contribution in [-0.2, 0) is 9.84 Å². The molecule has 3 rings (SSSR count). The van der Waals surface area contributed by atoms with Crippen LogP contribution in [-0.4, -0.2) is 56.5 Å². The highest BCUT2D eigenvalue weighted by Gasteiger charge is 2.37. The molecule has 2 aliphatic heterocycles. The smallest absolute Gasteiger partial charge is 0.194 e. The lowest BCUT2D eigenvalue weighted by Gasteiger charge is -2.31. The van der Waals surface area contributed by atoms with Crippen LogP contribution in [0, 0.1) is 11.3 Å². The highest BCUT2D eigenvalue weighted by molar-refractivity contribution is 7.91. The highest BCUT2D eigenvalue weighted by Crippen LogP contribution is 2.37. The molecule has 1 N–H and O–H groups in total. The Morgan fingerprint density at radius 1 is 1.15 bits per heavy atom. The van der Waals surface area contributed by atoms with E-state index in [0.717, 1.165) is 25.5 Å². The van der Waals surface area contributed by atoms with E-state index in [2.05, 4.69) is 24.1 Å². The van der Waals surface area contributed by atoms with Gasteiger partial charge in [-0.2, -0.15) is 0 Å². The summed E-state index contributed by atoms with van der Waals surface area (Å²) in [7, 11) is -2.82. The van der Waals surface area contributed by atoms with Crippen LogP contribution < -0.4 is 5.32 Å². The van der Waals surface area contributed by atoms with Gasteiger partial charge in [-0.3, -0.25) is 4.99 Å². The largest absolute Gasteiger partial charge is 0.354 e. The van der Waals surface area contributed by atoms with E-state index in [1.54, 1.807) is 0 Å². The predicted molar refractivity (Wildman–Crippen MR) is 108 cm³/mol. The van der Waals surface area contributed by atoms with Gasteiger partial charge in [-0.1, -0.05) is 33.1 Å². The van der Waals surface area contributed by atoms with E-state index in [0.29, 0.717) is 29.5 Å². The Bertz CT molecular complexity index is 592. The molecule has 3 fully saturated rings. The molecule has 6 heteroatoms. The predicted octanol–water partition coefficient (Wildman–Crippen LogP) is 3.21. The first-order valence-corrected chi connectivity index (χ1v) is 12.5. The minimum atomic E-state index is -2.82. The molecule has 0 radical (unpaired) electrons. The van der Waals surface area contributed by atoms with E-state index < -0.39 is 9.84 Å². The summed E-state index contributed by atoms with van der Waals surface area (Å²) in [4.78, 5) is 7.40. The van der Waals surface area contributed by atoms with Crippen molar-refractivity contribution in [3.8, 4) is 0 Å². The zero-order valence-corrected chi connectivity index (χ0v) is 17.5. The zero-order chi connectivity index (χ0) is 18.6. The first-order chi connectivity index (χ1) is 12.5. The Morgan fingerprint density at radius 2 is 1.88 bits per heavy atom. The Balaban J connectivity index is 1.68.